The third kappa shape index (κ3) is 1.85. The Hall–Kier alpha value is -1.39. The summed E-state index contributed by atoms with van der Waals surface area (Å²) in [5, 5.41) is 16.7. The Bertz CT molecular complexity index is 317. The van der Waals surface area contributed by atoms with Gasteiger partial charge in [-0.25, -0.2) is 4.79 Å². The molecule has 0 spiro atoms. The Morgan fingerprint density at radius 3 is 2.46 bits per heavy atom. The van der Waals surface area contributed by atoms with Crippen molar-refractivity contribution in [2.45, 2.75) is 33.2 Å². The topological polar surface area (TPSA) is 68.0 Å². The molecule has 0 saturated heterocycles. The summed E-state index contributed by atoms with van der Waals surface area (Å²) in [4.78, 5) is 12.1. The van der Waals surface area contributed by atoms with Crippen LogP contribution in [0.25, 0.3) is 0 Å². The third-order valence-corrected chi connectivity index (χ3v) is 1.71. The van der Waals surface area contributed by atoms with Gasteiger partial charge < -0.3 is 5.11 Å². The summed E-state index contributed by atoms with van der Waals surface area (Å²) in [5.74, 6) is -0.921. The quantitative estimate of drug-likeness (QED) is 0.762. The first-order valence-corrected chi connectivity index (χ1v) is 4.24. The van der Waals surface area contributed by atoms with Gasteiger partial charge in [0.1, 0.15) is 5.69 Å². The Balaban J connectivity index is 3.15. The summed E-state index contributed by atoms with van der Waals surface area (Å²) in [7, 11) is 0. The van der Waals surface area contributed by atoms with Crippen molar-refractivity contribution in [3.05, 3.63) is 11.4 Å². The van der Waals surface area contributed by atoms with Crippen molar-refractivity contribution >= 4 is 5.97 Å². The van der Waals surface area contributed by atoms with E-state index in [4.69, 9.17) is 5.11 Å². The maximum atomic E-state index is 10.7. The highest BCUT2D eigenvalue weighted by molar-refractivity contribution is 5.86. The molecule has 0 bridgehead atoms. The molecule has 0 aromatic carbocycles. The van der Waals surface area contributed by atoms with Crippen molar-refractivity contribution in [2.24, 2.45) is 0 Å². The Morgan fingerprint density at radius 2 is 2.15 bits per heavy atom. The van der Waals surface area contributed by atoms with Crippen molar-refractivity contribution in [2.75, 3.05) is 0 Å². The molecule has 1 heterocycles. The molecule has 13 heavy (non-hydrogen) atoms. The number of carboxylic acids is 1. The second kappa shape index (κ2) is 3.55. The highest BCUT2D eigenvalue weighted by Gasteiger charge is 2.19. The number of carbonyl (C=O) groups is 1. The Morgan fingerprint density at radius 1 is 1.54 bits per heavy atom. The number of aromatic nitrogens is 3. The van der Waals surface area contributed by atoms with Gasteiger partial charge in [-0.1, -0.05) is 13.8 Å². The lowest BCUT2D eigenvalue weighted by Gasteiger charge is -1.98. The minimum Gasteiger partial charge on any atom is -0.476 e. The van der Waals surface area contributed by atoms with Crippen LogP contribution in [-0.4, -0.2) is 26.1 Å². The molecule has 1 aromatic rings. The van der Waals surface area contributed by atoms with Crippen molar-refractivity contribution in [3.8, 4) is 0 Å². The zero-order valence-corrected chi connectivity index (χ0v) is 7.98. The van der Waals surface area contributed by atoms with E-state index in [0.29, 0.717) is 12.2 Å². The van der Waals surface area contributed by atoms with Crippen LogP contribution in [0, 0.1) is 0 Å². The monoisotopic (exact) mass is 183 g/mol. The van der Waals surface area contributed by atoms with E-state index in [9.17, 15) is 4.79 Å². The minimum atomic E-state index is -1.01. The standard InChI is InChI=1S/C8H13N3O2/c1-4-11-9-6(5(2)3)7(10-11)8(12)13/h5H,4H2,1-3H3,(H,12,13). The maximum Gasteiger partial charge on any atom is 0.358 e. The fraction of sp³-hybridized carbons (Fsp3) is 0.625. The van der Waals surface area contributed by atoms with Crippen LogP contribution in [-0.2, 0) is 6.54 Å². The summed E-state index contributed by atoms with van der Waals surface area (Å²) in [6.45, 7) is 6.26. The molecule has 72 valence electrons. The van der Waals surface area contributed by atoms with E-state index in [1.165, 1.54) is 4.80 Å². The highest BCUT2D eigenvalue weighted by Crippen LogP contribution is 2.14. The predicted octanol–water partition coefficient (Wildman–Crippen LogP) is 1.12. The van der Waals surface area contributed by atoms with Gasteiger partial charge in [-0.15, -0.1) is 5.10 Å². The lowest BCUT2D eigenvalue weighted by Crippen LogP contribution is -2.03. The van der Waals surface area contributed by atoms with E-state index in [0.717, 1.165) is 0 Å². The molecule has 0 aliphatic carbocycles. The molecular weight excluding hydrogens is 170 g/mol. The van der Waals surface area contributed by atoms with E-state index >= 15 is 0 Å². The van der Waals surface area contributed by atoms with Gasteiger partial charge in [0.25, 0.3) is 0 Å². The molecule has 0 unspecified atom stereocenters. The van der Waals surface area contributed by atoms with E-state index in [1.54, 1.807) is 0 Å². The van der Waals surface area contributed by atoms with Crippen LogP contribution < -0.4 is 0 Å². The number of aryl methyl sites for hydroxylation is 1. The van der Waals surface area contributed by atoms with E-state index in [-0.39, 0.29) is 11.6 Å². The lowest BCUT2D eigenvalue weighted by molar-refractivity contribution is 0.0688. The van der Waals surface area contributed by atoms with Crippen molar-refractivity contribution in [3.63, 3.8) is 0 Å². The zero-order valence-electron chi connectivity index (χ0n) is 7.98. The fourth-order valence-electron chi connectivity index (χ4n) is 1.04. The summed E-state index contributed by atoms with van der Waals surface area (Å²) in [6.07, 6.45) is 0. The van der Waals surface area contributed by atoms with Gasteiger partial charge in [-0.2, -0.15) is 9.90 Å². The van der Waals surface area contributed by atoms with Crippen LogP contribution in [0.5, 0.6) is 0 Å². The smallest absolute Gasteiger partial charge is 0.358 e. The second-order valence-electron chi connectivity index (χ2n) is 3.08. The molecule has 0 atom stereocenters. The van der Waals surface area contributed by atoms with Gasteiger partial charge in [-0.3, -0.25) is 0 Å². The molecular formula is C8H13N3O2. The van der Waals surface area contributed by atoms with Crippen LogP contribution >= 0.6 is 0 Å². The van der Waals surface area contributed by atoms with Gasteiger partial charge in [0, 0.05) is 0 Å². The molecule has 1 aromatic heterocycles. The van der Waals surface area contributed by atoms with Crippen molar-refractivity contribution < 1.29 is 9.90 Å². The number of hydrogen-bond acceptors (Lipinski definition) is 3. The molecule has 0 radical (unpaired) electrons. The van der Waals surface area contributed by atoms with Gasteiger partial charge in [0.15, 0.2) is 5.69 Å². The molecule has 0 aliphatic rings. The Kier molecular flexibility index (Phi) is 2.65. The molecule has 1 rings (SSSR count). The molecule has 5 nitrogen and oxygen atoms in total. The largest absolute Gasteiger partial charge is 0.476 e. The van der Waals surface area contributed by atoms with Crippen LogP contribution in [0.2, 0.25) is 0 Å². The summed E-state index contributed by atoms with van der Waals surface area (Å²) >= 11 is 0. The number of carboxylic acid groups (broad SMARTS) is 1. The first kappa shape index (κ1) is 9.70. The van der Waals surface area contributed by atoms with Gasteiger partial charge in [-0.05, 0) is 12.8 Å². The number of rotatable bonds is 3. The van der Waals surface area contributed by atoms with E-state index in [2.05, 4.69) is 10.2 Å². The van der Waals surface area contributed by atoms with Crippen molar-refractivity contribution in [1.29, 1.82) is 0 Å². The average Bonchev–Trinajstić information content (AvgIpc) is 2.47. The maximum absolute atomic E-state index is 10.7. The SMILES string of the molecule is CCn1nc(C(=O)O)c(C(C)C)n1. The van der Waals surface area contributed by atoms with Crippen LogP contribution in [0.4, 0.5) is 0 Å². The van der Waals surface area contributed by atoms with E-state index in [1.807, 2.05) is 20.8 Å². The number of aromatic carboxylic acids is 1. The molecule has 0 aliphatic heterocycles. The lowest BCUT2D eigenvalue weighted by atomic mass is 10.1. The second-order valence-corrected chi connectivity index (χ2v) is 3.08. The summed E-state index contributed by atoms with van der Waals surface area (Å²) < 4.78 is 0. The highest BCUT2D eigenvalue weighted by atomic mass is 16.4. The molecule has 5 heteroatoms. The van der Waals surface area contributed by atoms with Crippen molar-refractivity contribution in [1.82, 2.24) is 15.0 Å². The molecule has 0 saturated carbocycles. The normalized spacial score (nSPS) is 10.8. The van der Waals surface area contributed by atoms with E-state index < -0.39 is 5.97 Å². The van der Waals surface area contributed by atoms with Crippen LogP contribution in [0.3, 0.4) is 0 Å². The molecule has 0 fully saturated rings. The van der Waals surface area contributed by atoms with Gasteiger partial charge in [0.05, 0.1) is 6.54 Å². The van der Waals surface area contributed by atoms with Crippen LogP contribution in [0.1, 0.15) is 42.9 Å². The first-order valence-electron chi connectivity index (χ1n) is 4.24. The number of nitrogens with zero attached hydrogens (tertiary/aromatic N) is 3. The fourth-order valence-corrected chi connectivity index (χ4v) is 1.04. The average molecular weight is 183 g/mol. The summed E-state index contributed by atoms with van der Waals surface area (Å²) in [5.41, 5.74) is 0.617. The zero-order chi connectivity index (χ0) is 10.0. The minimum absolute atomic E-state index is 0.0665. The Labute approximate surface area is 76.4 Å². The summed E-state index contributed by atoms with van der Waals surface area (Å²) in [6, 6.07) is 0. The third-order valence-electron chi connectivity index (χ3n) is 1.71. The number of hydrogen-bond donors (Lipinski definition) is 1. The first-order chi connectivity index (χ1) is 6.06. The predicted molar refractivity (Wildman–Crippen MR) is 46.7 cm³/mol. The molecule has 0 amide bonds. The molecule has 1 N–H and O–H groups in total. The van der Waals surface area contributed by atoms with Gasteiger partial charge in [0.2, 0.25) is 0 Å². The van der Waals surface area contributed by atoms with Gasteiger partial charge >= 0.3 is 5.97 Å². The van der Waals surface area contributed by atoms with Crippen LogP contribution in [0.15, 0.2) is 0 Å².